The highest BCUT2D eigenvalue weighted by atomic mass is 19.1. The number of halogens is 1. The minimum Gasteiger partial charge on any atom is -0.465 e. The second-order valence-electron chi connectivity index (χ2n) is 7.73. The lowest BCUT2D eigenvalue weighted by Gasteiger charge is -2.35. The van der Waals surface area contributed by atoms with Gasteiger partial charge < -0.3 is 25.4 Å². The first-order chi connectivity index (χ1) is 15.4. The van der Waals surface area contributed by atoms with Crippen LogP contribution < -0.4 is 15.5 Å². The molecule has 0 saturated carbocycles. The Kier molecular flexibility index (Phi) is 6.08. The second-order valence-corrected chi connectivity index (χ2v) is 7.73. The average Bonchev–Trinajstić information content (AvgIpc) is 3.20. The highest BCUT2D eigenvalue weighted by Crippen LogP contribution is 2.34. The molecule has 2 aliphatic heterocycles. The van der Waals surface area contributed by atoms with Gasteiger partial charge in [-0.25, -0.2) is 23.9 Å². The number of nitrogens with zero attached hydrogens (tertiary/aromatic N) is 4. The molecule has 0 spiro atoms. The summed E-state index contributed by atoms with van der Waals surface area (Å²) in [5.74, 6) is 0.328. The molecule has 1 unspecified atom stereocenters. The molecule has 1 saturated heterocycles. The number of fused-ring (bicyclic) bond motifs is 1. The van der Waals surface area contributed by atoms with Gasteiger partial charge in [0, 0.05) is 24.2 Å². The Labute approximate surface area is 184 Å². The average molecular weight is 444 g/mol. The SMILES string of the molecule is CCNC(=O)Nc1ccc(-c2nc3c(c(N4CCOCC4C)n2)CN(C(=O)O)C3)cc1F. The van der Waals surface area contributed by atoms with Gasteiger partial charge in [0.1, 0.15) is 11.6 Å². The number of aromatic nitrogens is 2. The van der Waals surface area contributed by atoms with Crippen LogP contribution in [0.4, 0.5) is 25.5 Å². The summed E-state index contributed by atoms with van der Waals surface area (Å²) in [4.78, 5) is 35.9. The van der Waals surface area contributed by atoms with Crippen molar-refractivity contribution < 1.29 is 23.8 Å². The molecule has 0 aliphatic carbocycles. The van der Waals surface area contributed by atoms with Crippen molar-refractivity contribution in [3.8, 4) is 11.4 Å². The summed E-state index contributed by atoms with van der Waals surface area (Å²) in [5.41, 5.74) is 1.85. The van der Waals surface area contributed by atoms with Gasteiger partial charge in [0.15, 0.2) is 5.82 Å². The lowest BCUT2D eigenvalue weighted by Crippen LogP contribution is -2.44. The Morgan fingerprint density at radius 2 is 2.12 bits per heavy atom. The molecule has 170 valence electrons. The van der Waals surface area contributed by atoms with E-state index in [0.717, 1.165) is 5.56 Å². The normalized spacial score (nSPS) is 17.8. The fourth-order valence-corrected chi connectivity index (χ4v) is 3.86. The highest BCUT2D eigenvalue weighted by Gasteiger charge is 2.32. The van der Waals surface area contributed by atoms with Crippen molar-refractivity contribution in [3.63, 3.8) is 0 Å². The number of carboxylic acid groups (broad SMARTS) is 1. The van der Waals surface area contributed by atoms with Crippen LogP contribution in [-0.4, -0.2) is 64.4 Å². The number of hydrogen-bond donors (Lipinski definition) is 3. The van der Waals surface area contributed by atoms with Gasteiger partial charge in [-0.05, 0) is 32.0 Å². The Morgan fingerprint density at radius 3 is 2.81 bits per heavy atom. The molecular formula is C21H25FN6O4. The monoisotopic (exact) mass is 444 g/mol. The van der Waals surface area contributed by atoms with Crippen molar-refractivity contribution in [2.45, 2.75) is 33.0 Å². The number of morpholine rings is 1. The standard InChI is InChI=1S/C21H25FN6O4/c1-3-23-20(29)25-16-5-4-13(8-15(16)22)18-24-17-10-27(21(30)31)9-14(17)19(26-18)28-6-7-32-11-12(28)2/h4-5,8,12H,3,6-7,9-11H2,1-2H3,(H,30,31)(H2,23,25,29). The summed E-state index contributed by atoms with van der Waals surface area (Å²) in [6.45, 7) is 6.23. The van der Waals surface area contributed by atoms with E-state index in [-0.39, 0.29) is 24.8 Å². The van der Waals surface area contributed by atoms with E-state index in [1.165, 1.54) is 17.0 Å². The third-order valence-electron chi connectivity index (χ3n) is 5.48. The first-order valence-electron chi connectivity index (χ1n) is 10.4. The van der Waals surface area contributed by atoms with E-state index in [1.807, 2.05) is 6.92 Å². The largest absolute Gasteiger partial charge is 0.465 e. The Balaban J connectivity index is 1.71. The second kappa shape index (κ2) is 8.95. The van der Waals surface area contributed by atoms with E-state index < -0.39 is 17.9 Å². The third-order valence-corrected chi connectivity index (χ3v) is 5.48. The predicted molar refractivity (Wildman–Crippen MR) is 115 cm³/mol. The van der Waals surface area contributed by atoms with Gasteiger partial charge in [-0.1, -0.05) is 0 Å². The zero-order chi connectivity index (χ0) is 22.8. The van der Waals surface area contributed by atoms with Gasteiger partial charge in [-0.15, -0.1) is 0 Å². The van der Waals surface area contributed by atoms with Gasteiger partial charge in [0.2, 0.25) is 0 Å². The van der Waals surface area contributed by atoms with Gasteiger partial charge in [0.25, 0.3) is 0 Å². The van der Waals surface area contributed by atoms with Crippen LogP contribution in [0.2, 0.25) is 0 Å². The number of nitrogens with one attached hydrogen (secondary N) is 2. The van der Waals surface area contributed by atoms with Crippen molar-refractivity contribution in [2.24, 2.45) is 0 Å². The number of amides is 3. The maximum Gasteiger partial charge on any atom is 0.407 e. The van der Waals surface area contributed by atoms with Crippen LogP contribution in [0.5, 0.6) is 0 Å². The highest BCUT2D eigenvalue weighted by molar-refractivity contribution is 5.89. The van der Waals surface area contributed by atoms with Crippen LogP contribution in [-0.2, 0) is 17.8 Å². The van der Waals surface area contributed by atoms with Crippen LogP contribution in [0.3, 0.4) is 0 Å². The Hall–Kier alpha value is -3.47. The molecule has 1 fully saturated rings. The van der Waals surface area contributed by atoms with Crippen molar-refractivity contribution in [1.29, 1.82) is 0 Å². The molecule has 1 aromatic heterocycles. The molecule has 2 aromatic rings. The molecule has 10 nitrogen and oxygen atoms in total. The molecule has 3 heterocycles. The van der Waals surface area contributed by atoms with Crippen LogP contribution in [0.25, 0.3) is 11.4 Å². The quantitative estimate of drug-likeness (QED) is 0.663. The topological polar surface area (TPSA) is 120 Å². The zero-order valence-corrected chi connectivity index (χ0v) is 17.9. The van der Waals surface area contributed by atoms with Gasteiger partial charge >= 0.3 is 12.1 Å². The first kappa shape index (κ1) is 21.8. The smallest absolute Gasteiger partial charge is 0.407 e. The number of rotatable bonds is 4. The van der Waals surface area contributed by atoms with Crippen LogP contribution >= 0.6 is 0 Å². The number of hydrogen-bond acceptors (Lipinski definition) is 6. The molecule has 32 heavy (non-hydrogen) atoms. The molecule has 3 amide bonds. The maximum atomic E-state index is 14.7. The van der Waals surface area contributed by atoms with Gasteiger partial charge in [-0.2, -0.15) is 0 Å². The molecular weight excluding hydrogens is 419 g/mol. The molecule has 0 bridgehead atoms. The van der Waals surface area contributed by atoms with Crippen LogP contribution in [0.15, 0.2) is 18.2 Å². The lowest BCUT2D eigenvalue weighted by atomic mass is 10.1. The number of carbonyl (C=O) groups excluding carboxylic acids is 1. The van der Waals surface area contributed by atoms with E-state index in [1.54, 1.807) is 13.0 Å². The summed E-state index contributed by atoms with van der Waals surface area (Å²) < 4.78 is 20.2. The van der Waals surface area contributed by atoms with E-state index in [2.05, 4.69) is 20.5 Å². The lowest BCUT2D eigenvalue weighted by molar-refractivity contribution is 0.0983. The Bertz CT molecular complexity index is 1050. The molecule has 2 aliphatic rings. The van der Waals surface area contributed by atoms with Crippen molar-refractivity contribution >= 4 is 23.6 Å². The molecule has 4 rings (SSSR count). The summed E-state index contributed by atoms with van der Waals surface area (Å²) in [6, 6.07) is 3.90. The van der Waals surface area contributed by atoms with E-state index in [0.29, 0.717) is 49.2 Å². The fourth-order valence-electron chi connectivity index (χ4n) is 3.86. The molecule has 3 N–H and O–H groups in total. The summed E-state index contributed by atoms with van der Waals surface area (Å²) >= 11 is 0. The number of anilines is 2. The van der Waals surface area contributed by atoms with E-state index in [9.17, 15) is 19.1 Å². The van der Waals surface area contributed by atoms with Crippen LogP contribution in [0, 0.1) is 5.82 Å². The predicted octanol–water partition coefficient (Wildman–Crippen LogP) is 2.64. The molecule has 11 heteroatoms. The number of ether oxygens (including phenoxy) is 1. The first-order valence-corrected chi connectivity index (χ1v) is 10.4. The summed E-state index contributed by atoms with van der Waals surface area (Å²) in [6.07, 6.45) is -1.03. The van der Waals surface area contributed by atoms with Gasteiger partial charge in [0.05, 0.1) is 43.7 Å². The van der Waals surface area contributed by atoms with Gasteiger partial charge in [-0.3, -0.25) is 4.90 Å². The molecule has 1 atom stereocenters. The zero-order valence-electron chi connectivity index (χ0n) is 17.9. The number of carbonyl (C=O) groups is 2. The molecule has 1 aromatic carbocycles. The van der Waals surface area contributed by atoms with E-state index in [4.69, 9.17) is 9.72 Å². The van der Waals surface area contributed by atoms with E-state index >= 15 is 0 Å². The number of urea groups is 1. The maximum absolute atomic E-state index is 14.7. The fraction of sp³-hybridized carbons (Fsp3) is 0.429. The van der Waals surface area contributed by atoms with Crippen molar-refractivity contribution in [2.75, 3.05) is 36.5 Å². The summed E-state index contributed by atoms with van der Waals surface area (Å²) in [5, 5.41) is 14.5. The summed E-state index contributed by atoms with van der Waals surface area (Å²) in [7, 11) is 0. The minimum atomic E-state index is -1.03. The van der Waals surface area contributed by atoms with Crippen molar-refractivity contribution in [1.82, 2.24) is 20.2 Å². The minimum absolute atomic E-state index is 0.0416. The van der Waals surface area contributed by atoms with Crippen LogP contribution in [0.1, 0.15) is 25.1 Å². The third kappa shape index (κ3) is 4.28. The molecule has 0 radical (unpaired) electrons. The Morgan fingerprint density at radius 1 is 1.31 bits per heavy atom. The number of benzene rings is 1. The van der Waals surface area contributed by atoms with Crippen molar-refractivity contribution in [3.05, 3.63) is 35.3 Å².